The van der Waals surface area contributed by atoms with E-state index in [2.05, 4.69) is 20.6 Å². The molecule has 1 aromatic carbocycles. The van der Waals surface area contributed by atoms with Crippen molar-refractivity contribution < 1.29 is 27.2 Å². The Morgan fingerprint density at radius 2 is 1.90 bits per heavy atom. The van der Waals surface area contributed by atoms with Gasteiger partial charge in [0, 0.05) is 43.0 Å². The Morgan fingerprint density at radius 3 is 2.45 bits per heavy atom. The first-order valence-corrected chi connectivity index (χ1v) is 8.62. The first kappa shape index (κ1) is 20.6. The highest BCUT2D eigenvalue weighted by Gasteiger charge is 2.34. The third-order valence-electron chi connectivity index (χ3n) is 4.46. The SMILES string of the molecule is NC(=O)c1ccc(-c2cnc(C(F)(F)F)nc2)cc1CNC(=O)[C@@H]1C[C@@H](F)CN1. The molecule has 0 saturated carbocycles. The molecule has 0 unspecified atom stereocenters. The molecule has 7 nitrogen and oxygen atoms in total. The standard InChI is InChI=1S/C18H17F4N5O2/c19-12-4-14(24-8-12)16(29)25-5-10-3-9(1-2-13(10)15(23)28)11-6-26-17(27-7-11)18(20,21)22/h1-3,6-7,12,14,24H,4-5,8H2,(H2,23,28)(H,25,29)/t12-,14+/m1/s1. The molecular formula is C18H17F4N5O2. The number of halogens is 4. The van der Waals surface area contributed by atoms with Crippen LogP contribution < -0.4 is 16.4 Å². The first-order valence-electron chi connectivity index (χ1n) is 8.62. The minimum atomic E-state index is -4.66. The van der Waals surface area contributed by atoms with Crippen molar-refractivity contribution >= 4 is 11.8 Å². The number of alkyl halides is 4. The summed E-state index contributed by atoms with van der Waals surface area (Å²) < 4.78 is 51.1. The summed E-state index contributed by atoms with van der Waals surface area (Å²) in [6.07, 6.45) is -3.67. The highest BCUT2D eigenvalue weighted by Crippen LogP contribution is 2.27. The molecule has 1 saturated heterocycles. The number of carbonyl (C=O) groups excluding carboxylic acids is 2. The zero-order chi connectivity index (χ0) is 21.2. The molecule has 1 aliphatic heterocycles. The predicted molar refractivity (Wildman–Crippen MR) is 94.1 cm³/mol. The van der Waals surface area contributed by atoms with Crippen LogP contribution in [0, 0.1) is 0 Å². The normalized spacial score (nSPS) is 19.2. The third kappa shape index (κ3) is 4.86. The van der Waals surface area contributed by atoms with Gasteiger partial charge in [0.05, 0.1) is 6.04 Å². The van der Waals surface area contributed by atoms with E-state index < -0.39 is 36.0 Å². The van der Waals surface area contributed by atoms with Crippen LogP contribution in [0.4, 0.5) is 17.6 Å². The van der Waals surface area contributed by atoms with Crippen LogP contribution in [0.25, 0.3) is 11.1 Å². The van der Waals surface area contributed by atoms with Crippen molar-refractivity contribution in [1.29, 1.82) is 0 Å². The summed E-state index contributed by atoms with van der Waals surface area (Å²) in [5.74, 6) is -2.42. The van der Waals surface area contributed by atoms with Crippen LogP contribution in [-0.4, -0.2) is 40.5 Å². The van der Waals surface area contributed by atoms with Crippen molar-refractivity contribution in [2.75, 3.05) is 6.54 Å². The van der Waals surface area contributed by atoms with Gasteiger partial charge in [0.25, 0.3) is 0 Å². The molecule has 1 aliphatic rings. The first-order chi connectivity index (χ1) is 13.6. The monoisotopic (exact) mass is 411 g/mol. The van der Waals surface area contributed by atoms with Crippen LogP contribution in [-0.2, 0) is 17.5 Å². The number of primary amides is 1. The van der Waals surface area contributed by atoms with Crippen LogP contribution in [0.3, 0.4) is 0 Å². The Morgan fingerprint density at radius 1 is 1.21 bits per heavy atom. The van der Waals surface area contributed by atoms with Crippen LogP contribution in [0.5, 0.6) is 0 Å². The topological polar surface area (TPSA) is 110 Å². The number of aromatic nitrogens is 2. The number of rotatable bonds is 5. The summed E-state index contributed by atoms with van der Waals surface area (Å²) in [5.41, 5.74) is 6.59. The van der Waals surface area contributed by atoms with E-state index >= 15 is 0 Å². The summed E-state index contributed by atoms with van der Waals surface area (Å²) in [4.78, 5) is 30.4. The minimum Gasteiger partial charge on any atom is -0.366 e. The Hall–Kier alpha value is -3.08. The van der Waals surface area contributed by atoms with E-state index in [1.54, 1.807) is 0 Å². The molecular weight excluding hydrogens is 394 g/mol. The second-order valence-electron chi connectivity index (χ2n) is 6.54. The van der Waals surface area contributed by atoms with E-state index in [1.165, 1.54) is 18.2 Å². The van der Waals surface area contributed by atoms with Gasteiger partial charge < -0.3 is 16.4 Å². The maximum Gasteiger partial charge on any atom is 0.451 e. The van der Waals surface area contributed by atoms with Gasteiger partial charge in [0.15, 0.2) is 0 Å². The molecule has 2 atom stereocenters. The maximum absolute atomic E-state index is 13.2. The van der Waals surface area contributed by atoms with Crippen molar-refractivity contribution in [3.63, 3.8) is 0 Å². The van der Waals surface area contributed by atoms with Gasteiger partial charge in [-0.15, -0.1) is 0 Å². The van der Waals surface area contributed by atoms with E-state index in [4.69, 9.17) is 5.73 Å². The van der Waals surface area contributed by atoms with Crippen molar-refractivity contribution in [3.8, 4) is 11.1 Å². The minimum absolute atomic E-state index is 0.0530. The molecule has 1 aromatic heterocycles. The molecule has 2 amide bonds. The smallest absolute Gasteiger partial charge is 0.366 e. The van der Waals surface area contributed by atoms with Crippen LogP contribution in [0.1, 0.15) is 28.2 Å². The van der Waals surface area contributed by atoms with Gasteiger partial charge >= 0.3 is 6.18 Å². The van der Waals surface area contributed by atoms with Gasteiger partial charge in [-0.3, -0.25) is 9.59 Å². The number of carbonyl (C=O) groups is 2. The molecule has 0 radical (unpaired) electrons. The predicted octanol–water partition coefficient (Wildman–Crippen LogP) is 1.58. The number of nitrogens with zero attached hydrogens (tertiary/aromatic N) is 2. The fraction of sp³-hybridized carbons (Fsp3) is 0.333. The lowest BCUT2D eigenvalue weighted by Crippen LogP contribution is -2.40. The maximum atomic E-state index is 13.2. The van der Waals surface area contributed by atoms with E-state index in [9.17, 15) is 27.2 Å². The van der Waals surface area contributed by atoms with Crippen molar-refractivity contribution in [3.05, 3.63) is 47.5 Å². The van der Waals surface area contributed by atoms with Crippen LogP contribution in [0.2, 0.25) is 0 Å². The fourth-order valence-corrected chi connectivity index (χ4v) is 2.98. The number of amides is 2. The Kier molecular flexibility index (Phi) is 5.78. The number of nitrogens with one attached hydrogen (secondary N) is 2. The number of nitrogens with two attached hydrogens (primary N) is 1. The average Bonchev–Trinajstić information content (AvgIpc) is 3.11. The third-order valence-corrected chi connectivity index (χ3v) is 4.46. The molecule has 2 aromatic rings. The molecule has 4 N–H and O–H groups in total. The molecule has 11 heteroatoms. The lowest BCUT2D eigenvalue weighted by Gasteiger charge is -2.14. The van der Waals surface area contributed by atoms with Gasteiger partial charge in [0.1, 0.15) is 6.17 Å². The highest BCUT2D eigenvalue weighted by molar-refractivity contribution is 5.95. The van der Waals surface area contributed by atoms with E-state index in [0.29, 0.717) is 16.7 Å². The van der Waals surface area contributed by atoms with Crippen molar-refractivity contribution in [2.45, 2.75) is 31.4 Å². The second-order valence-corrected chi connectivity index (χ2v) is 6.54. The van der Waals surface area contributed by atoms with Gasteiger partial charge in [0.2, 0.25) is 17.6 Å². The summed E-state index contributed by atoms with van der Waals surface area (Å²) in [6, 6.07) is 3.73. The number of hydrogen-bond donors (Lipinski definition) is 3. The van der Waals surface area contributed by atoms with Crippen LogP contribution >= 0.6 is 0 Å². The van der Waals surface area contributed by atoms with Gasteiger partial charge in [-0.25, -0.2) is 14.4 Å². The molecule has 0 bridgehead atoms. The number of hydrogen-bond acceptors (Lipinski definition) is 5. The fourth-order valence-electron chi connectivity index (χ4n) is 2.98. The second kappa shape index (κ2) is 8.11. The lowest BCUT2D eigenvalue weighted by atomic mass is 10.00. The van der Waals surface area contributed by atoms with Gasteiger partial charge in [-0.05, 0) is 23.3 Å². The Bertz CT molecular complexity index is 917. The van der Waals surface area contributed by atoms with E-state index in [0.717, 1.165) is 12.4 Å². The Labute approximate surface area is 162 Å². The zero-order valence-electron chi connectivity index (χ0n) is 15.0. The Balaban J connectivity index is 1.80. The highest BCUT2D eigenvalue weighted by atomic mass is 19.4. The molecule has 0 spiro atoms. The molecule has 0 aliphatic carbocycles. The zero-order valence-corrected chi connectivity index (χ0v) is 15.0. The lowest BCUT2D eigenvalue weighted by molar-refractivity contribution is -0.145. The van der Waals surface area contributed by atoms with Gasteiger partial charge in [-0.2, -0.15) is 13.2 Å². The summed E-state index contributed by atoms with van der Waals surface area (Å²) >= 11 is 0. The summed E-state index contributed by atoms with van der Waals surface area (Å²) in [6.45, 7) is 0.0234. The number of benzene rings is 1. The molecule has 2 heterocycles. The van der Waals surface area contributed by atoms with Crippen LogP contribution in [0.15, 0.2) is 30.6 Å². The summed E-state index contributed by atoms with van der Waals surface area (Å²) in [5, 5.41) is 5.36. The molecule has 3 rings (SSSR count). The molecule has 154 valence electrons. The summed E-state index contributed by atoms with van der Waals surface area (Å²) in [7, 11) is 0. The molecule has 1 fully saturated rings. The van der Waals surface area contributed by atoms with Crippen molar-refractivity contribution in [2.24, 2.45) is 5.73 Å². The molecule has 29 heavy (non-hydrogen) atoms. The largest absolute Gasteiger partial charge is 0.451 e. The van der Waals surface area contributed by atoms with Crippen molar-refractivity contribution in [1.82, 2.24) is 20.6 Å². The average molecular weight is 411 g/mol. The van der Waals surface area contributed by atoms with E-state index in [-0.39, 0.29) is 25.1 Å². The van der Waals surface area contributed by atoms with Gasteiger partial charge in [-0.1, -0.05) is 6.07 Å². The van der Waals surface area contributed by atoms with E-state index in [1.807, 2.05) is 0 Å². The quantitative estimate of drug-likeness (QED) is 0.647.